The first-order valence-electron chi connectivity index (χ1n) is 5.74. The molecule has 0 aliphatic heterocycles. The van der Waals surface area contributed by atoms with E-state index < -0.39 is 17.6 Å². The topological polar surface area (TPSA) is 35.2 Å². The van der Waals surface area contributed by atoms with Gasteiger partial charge in [-0.25, -0.2) is 4.39 Å². The number of ether oxygens (including phenoxy) is 1. The van der Waals surface area contributed by atoms with Crippen molar-refractivity contribution in [3.8, 4) is 11.5 Å². The molecule has 2 rings (SSSR count). The van der Waals surface area contributed by atoms with Crippen LogP contribution in [-0.4, -0.2) is 0 Å². The van der Waals surface area contributed by atoms with E-state index in [0.29, 0.717) is 0 Å². The molecule has 0 heterocycles. The molecule has 106 valence electrons. The van der Waals surface area contributed by atoms with Crippen LogP contribution in [0.2, 0.25) is 0 Å². The lowest BCUT2D eigenvalue weighted by atomic mass is 10.1. The Hall–Kier alpha value is -2.08. The molecule has 0 spiro atoms. The third kappa shape index (κ3) is 3.08. The van der Waals surface area contributed by atoms with Gasteiger partial charge in [-0.15, -0.1) is 0 Å². The van der Waals surface area contributed by atoms with E-state index in [9.17, 15) is 17.6 Å². The molecule has 0 saturated heterocycles. The van der Waals surface area contributed by atoms with E-state index in [1.807, 2.05) is 0 Å². The molecule has 0 bridgehead atoms. The van der Waals surface area contributed by atoms with Gasteiger partial charge in [0.05, 0.1) is 5.56 Å². The highest BCUT2D eigenvalue weighted by Crippen LogP contribution is 2.34. The number of alkyl halides is 3. The van der Waals surface area contributed by atoms with Gasteiger partial charge in [-0.1, -0.05) is 12.1 Å². The zero-order valence-electron chi connectivity index (χ0n) is 10.2. The van der Waals surface area contributed by atoms with Gasteiger partial charge in [0.25, 0.3) is 0 Å². The Morgan fingerprint density at radius 2 is 1.70 bits per heavy atom. The summed E-state index contributed by atoms with van der Waals surface area (Å²) in [5.74, 6) is -0.567. The third-order valence-corrected chi connectivity index (χ3v) is 2.66. The van der Waals surface area contributed by atoms with Crippen LogP contribution in [0, 0.1) is 5.82 Å². The van der Waals surface area contributed by atoms with Gasteiger partial charge in [0, 0.05) is 12.1 Å². The summed E-state index contributed by atoms with van der Waals surface area (Å²) >= 11 is 0. The lowest BCUT2D eigenvalue weighted by molar-refractivity contribution is -0.137. The van der Waals surface area contributed by atoms with Gasteiger partial charge in [-0.05, 0) is 30.3 Å². The zero-order chi connectivity index (χ0) is 14.8. The maximum Gasteiger partial charge on any atom is 0.416 e. The number of hydrogen-bond acceptors (Lipinski definition) is 2. The van der Waals surface area contributed by atoms with Crippen molar-refractivity contribution >= 4 is 0 Å². The molecule has 0 aromatic heterocycles. The fraction of sp³-hybridized carbons (Fsp3) is 0.143. The van der Waals surface area contributed by atoms with Crippen LogP contribution in [0.15, 0.2) is 42.5 Å². The summed E-state index contributed by atoms with van der Waals surface area (Å²) in [6.45, 7) is -0.145. The van der Waals surface area contributed by atoms with Gasteiger partial charge in [0.1, 0.15) is 5.75 Å². The summed E-state index contributed by atoms with van der Waals surface area (Å²) in [4.78, 5) is 0. The maximum absolute atomic E-state index is 13.4. The van der Waals surface area contributed by atoms with E-state index in [2.05, 4.69) is 0 Å². The molecule has 0 aliphatic rings. The fourth-order valence-corrected chi connectivity index (χ4v) is 1.66. The van der Waals surface area contributed by atoms with Crippen molar-refractivity contribution in [2.45, 2.75) is 12.7 Å². The van der Waals surface area contributed by atoms with Crippen LogP contribution in [0.4, 0.5) is 17.6 Å². The summed E-state index contributed by atoms with van der Waals surface area (Å²) in [7, 11) is 0. The van der Waals surface area contributed by atoms with E-state index in [4.69, 9.17) is 10.5 Å². The van der Waals surface area contributed by atoms with Crippen molar-refractivity contribution in [2.75, 3.05) is 0 Å². The minimum Gasteiger partial charge on any atom is -0.454 e. The summed E-state index contributed by atoms with van der Waals surface area (Å²) in [5, 5.41) is 0. The Bertz CT molecular complexity index is 610. The van der Waals surface area contributed by atoms with Gasteiger partial charge < -0.3 is 10.5 Å². The van der Waals surface area contributed by atoms with Gasteiger partial charge >= 0.3 is 6.18 Å². The summed E-state index contributed by atoms with van der Waals surface area (Å²) < 4.78 is 56.5. The first-order valence-corrected chi connectivity index (χ1v) is 5.74. The monoisotopic (exact) mass is 285 g/mol. The molecule has 0 atom stereocenters. The predicted molar refractivity (Wildman–Crippen MR) is 65.8 cm³/mol. The largest absolute Gasteiger partial charge is 0.454 e. The highest BCUT2D eigenvalue weighted by Gasteiger charge is 2.31. The molecule has 2 N–H and O–H groups in total. The molecule has 0 saturated carbocycles. The highest BCUT2D eigenvalue weighted by molar-refractivity contribution is 5.41. The standard InChI is InChI=1S/C14H11F4NO/c15-11-3-1-2-4-13(11)20-12-6-5-10(14(16,17)18)7-9(12)8-19/h1-7H,8,19H2. The average Bonchev–Trinajstić information content (AvgIpc) is 2.40. The smallest absolute Gasteiger partial charge is 0.416 e. The normalized spacial score (nSPS) is 11.4. The van der Waals surface area contributed by atoms with Crippen LogP contribution in [0.1, 0.15) is 11.1 Å². The van der Waals surface area contributed by atoms with Crippen molar-refractivity contribution in [3.05, 3.63) is 59.4 Å². The quantitative estimate of drug-likeness (QED) is 0.862. The number of benzene rings is 2. The van der Waals surface area contributed by atoms with Crippen LogP contribution < -0.4 is 10.5 Å². The Morgan fingerprint density at radius 1 is 1.00 bits per heavy atom. The summed E-state index contributed by atoms with van der Waals surface area (Å²) in [6.07, 6.45) is -4.46. The molecule has 2 nitrogen and oxygen atoms in total. The lowest BCUT2D eigenvalue weighted by Gasteiger charge is -2.13. The van der Waals surface area contributed by atoms with Crippen LogP contribution in [0.25, 0.3) is 0 Å². The number of halogens is 4. The summed E-state index contributed by atoms with van der Waals surface area (Å²) in [5.41, 5.74) is 4.75. The van der Waals surface area contributed by atoms with Crippen LogP contribution in [-0.2, 0) is 12.7 Å². The van der Waals surface area contributed by atoms with Gasteiger partial charge in [0.15, 0.2) is 11.6 Å². The second-order valence-electron chi connectivity index (χ2n) is 4.06. The second kappa shape index (κ2) is 5.50. The molecule has 0 amide bonds. The number of rotatable bonds is 3. The maximum atomic E-state index is 13.4. The Morgan fingerprint density at radius 3 is 2.30 bits per heavy atom. The first-order chi connectivity index (χ1) is 9.41. The molecule has 2 aromatic rings. The van der Waals surface area contributed by atoms with Crippen LogP contribution >= 0.6 is 0 Å². The first kappa shape index (κ1) is 14.3. The lowest BCUT2D eigenvalue weighted by Crippen LogP contribution is -2.08. The molecule has 0 unspecified atom stereocenters. The van der Waals surface area contributed by atoms with Crippen LogP contribution in [0.5, 0.6) is 11.5 Å². The fourth-order valence-electron chi connectivity index (χ4n) is 1.66. The van der Waals surface area contributed by atoms with Crippen molar-refractivity contribution in [1.82, 2.24) is 0 Å². The van der Waals surface area contributed by atoms with E-state index in [0.717, 1.165) is 18.2 Å². The van der Waals surface area contributed by atoms with Crippen molar-refractivity contribution in [2.24, 2.45) is 5.73 Å². The van der Waals surface area contributed by atoms with E-state index in [-0.39, 0.29) is 23.6 Å². The zero-order valence-corrected chi connectivity index (χ0v) is 10.2. The van der Waals surface area contributed by atoms with E-state index >= 15 is 0 Å². The molecule has 0 aliphatic carbocycles. The third-order valence-electron chi connectivity index (χ3n) is 2.66. The number of para-hydroxylation sites is 1. The SMILES string of the molecule is NCc1cc(C(F)(F)F)ccc1Oc1ccccc1F. The molecular formula is C14H11F4NO. The van der Waals surface area contributed by atoms with Crippen molar-refractivity contribution < 1.29 is 22.3 Å². The molecule has 20 heavy (non-hydrogen) atoms. The van der Waals surface area contributed by atoms with Gasteiger partial charge in [-0.3, -0.25) is 0 Å². The average molecular weight is 285 g/mol. The molecular weight excluding hydrogens is 274 g/mol. The minimum atomic E-state index is -4.46. The summed E-state index contributed by atoms with van der Waals surface area (Å²) in [6, 6.07) is 8.53. The van der Waals surface area contributed by atoms with Gasteiger partial charge in [-0.2, -0.15) is 13.2 Å². The van der Waals surface area contributed by atoms with Crippen molar-refractivity contribution in [3.63, 3.8) is 0 Å². The Balaban J connectivity index is 2.36. The molecule has 0 fully saturated rings. The molecule has 6 heteroatoms. The van der Waals surface area contributed by atoms with Crippen molar-refractivity contribution in [1.29, 1.82) is 0 Å². The molecule has 2 aromatic carbocycles. The van der Waals surface area contributed by atoms with E-state index in [1.165, 1.54) is 18.2 Å². The van der Waals surface area contributed by atoms with Gasteiger partial charge in [0.2, 0.25) is 0 Å². The molecule has 0 radical (unpaired) electrons. The Kier molecular flexibility index (Phi) is 3.94. The predicted octanol–water partition coefficient (Wildman–Crippen LogP) is 4.10. The van der Waals surface area contributed by atoms with Crippen LogP contribution in [0.3, 0.4) is 0 Å². The highest BCUT2D eigenvalue weighted by atomic mass is 19.4. The minimum absolute atomic E-state index is 0.0676. The van der Waals surface area contributed by atoms with E-state index in [1.54, 1.807) is 6.07 Å². The number of hydrogen-bond donors (Lipinski definition) is 1. The Labute approximate surface area is 112 Å². The number of nitrogens with two attached hydrogens (primary N) is 1. The second-order valence-corrected chi connectivity index (χ2v) is 4.06.